The van der Waals surface area contributed by atoms with E-state index >= 15 is 0 Å². The van der Waals surface area contributed by atoms with Gasteiger partial charge < -0.3 is 20.2 Å². The lowest BCUT2D eigenvalue weighted by atomic mass is 10.2. The number of carbonyl (C=O) groups is 2. The summed E-state index contributed by atoms with van der Waals surface area (Å²) in [6.45, 7) is 4.16. The number of piperazine rings is 1. The molecule has 0 aliphatic carbocycles. The van der Waals surface area contributed by atoms with Crippen LogP contribution >= 0.6 is 11.8 Å². The molecule has 9 heteroatoms. The van der Waals surface area contributed by atoms with Crippen molar-refractivity contribution in [2.24, 2.45) is 10.2 Å². The van der Waals surface area contributed by atoms with E-state index in [0.29, 0.717) is 5.17 Å². The van der Waals surface area contributed by atoms with Crippen LogP contribution in [0.4, 0.5) is 5.69 Å². The highest BCUT2D eigenvalue weighted by atomic mass is 32.2. The number of rotatable bonds is 5. The molecule has 26 heavy (non-hydrogen) atoms. The summed E-state index contributed by atoms with van der Waals surface area (Å²) in [5.74, 6) is -1.36. The zero-order valence-corrected chi connectivity index (χ0v) is 15.3. The van der Waals surface area contributed by atoms with Gasteiger partial charge >= 0.3 is 5.97 Å². The largest absolute Gasteiger partial charge is 0.481 e. The Hall–Kier alpha value is -2.39. The fourth-order valence-electron chi connectivity index (χ4n) is 2.73. The van der Waals surface area contributed by atoms with Crippen LogP contribution in [0.25, 0.3) is 0 Å². The van der Waals surface area contributed by atoms with Gasteiger partial charge in [0.15, 0.2) is 5.17 Å². The number of anilines is 1. The predicted molar refractivity (Wildman–Crippen MR) is 103 cm³/mol. The molecule has 2 saturated heterocycles. The minimum absolute atomic E-state index is 0.229. The number of carboxylic acid groups (broad SMARTS) is 1. The van der Waals surface area contributed by atoms with Crippen molar-refractivity contribution < 1.29 is 14.7 Å². The van der Waals surface area contributed by atoms with Crippen molar-refractivity contribution >= 4 is 40.7 Å². The van der Waals surface area contributed by atoms with Crippen molar-refractivity contribution in [1.82, 2.24) is 10.2 Å². The fourth-order valence-corrected chi connectivity index (χ4v) is 3.64. The molecule has 1 unspecified atom stereocenters. The number of amides is 1. The van der Waals surface area contributed by atoms with E-state index in [2.05, 4.69) is 44.5 Å². The van der Waals surface area contributed by atoms with Gasteiger partial charge in [0.25, 0.3) is 0 Å². The lowest BCUT2D eigenvalue weighted by Gasteiger charge is -2.34. The molecule has 1 aromatic rings. The molecule has 2 N–H and O–H groups in total. The molecule has 2 heterocycles. The van der Waals surface area contributed by atoms with E-state index in [0.717, 1.165) is 43.5 Å². The number of nitrogens with one attached hydrogen (secondary N) is 1. The second kappa shape index (κ2) is 8.33. The van der Waals surface area contributed by atoms with Crippen molar-refractivity contribution in [2.75, 3.05) is 38.1 Å². The maximum Gasteiger partial charge on any atom is 0.305 e. The Morgan fingerprint density at radius 2 is 2.00 bits per heavy atom. The predicted octanol–water partition coefficient (Wildman–Crippen LogP) is 0.835. The molecule has 2 fully saturated rings. The topological polar surface area (TPSA) is 97.6 Å². The molecule has 3 rings (SSSR count). The molecule has 2 aliphatic heterocycles. The van der Waals surface area contributed by atoms with Gasteiger partial charge in [-0.05, 0) is 24.7 Å². The molecule has 1 aromatic carbocycles. The highest BCUT2D eigenvalue weighted by molar-refractivity contribution is 8.15. The Balaban J connectivity index is 1.56. The lowest BCUT2D eigenvalue weighted by Crippen LogP contribution is -2.44. The number of nitrogens with zero attached hydrogens (tertiary/aromatic N) is 4. The number of thioether (sulfide) groups is 1. The number of hydrogen-bond acceptors (Lipinski definition) is 7. The zero-order chi connectivity index (χ0) is 18.5. The van der Waals surface area contributed by atoms with Gasteiger partial charge in [0.2, 0.25) is 5.91 Å². The number of hydrogen-bond donors (Lipinski definition) is 2. The Labute approximate surface area is 156 Å². The third-order valence-electron chi connectivity index (χ3n) is 4.25. The van der Waals surface area contributed by atoms with Crippen LogP contribution in [0.1, 0.15) is 12.0 Å². The molecule has 0 spiro atoms. The molecule has 2 aliphatic rings. The Bertz CT molecular complexity index is 726. The van der Waals surface area contributed by atoms with Gasteiger partial charge in [-0.2, -0.15) is 5.10 Å². The first kappa shape index (κ1) is 18.4. The van der Waals surface area contributed by atoms with Crippen molar-refractivity contribution in [3.63, 3.8) is 0 Å². The molecule has 0 radical (unpaired) electrons. The standard InChI is InChI=1S/C17H21N5O3S/c1-21-6-8-22(9-7-21)13-4-2-12(3-5-13)11-18-20-17-19-16(25)14(26-17)10-15(23)24/h2-5,11,14H,6-10H2,1H3,(H,23,24)(H,19,20,25). The quantitative estimate of drug-likeness (QED) is 0.585. The zero-order valence-electron chi connectivity index (χ0n) is 14.5. The first-order chi connectivity index (χ1) is 12.5. The SMILES string of the molecule is CN1CCN(c2ccc(C=NN=C3NC(=O)C(CC(=O)O)S3)cc2)CC1. The third-order valence-corrected chi connectivity index (χ3v) is 5.33. The van der Waals surface area contributed by atoms with Crippen LogP contribution in [0.15, 0.2) is 34.5 Å². The number of benzene rings is 1. The average molecular weight is 375 g/mol. The Morgan fingerprint density at radius 3 is 2.65 bits per heavy atom. The molecule has 0 bridgehead atoms. The number of likely N-dealkylation sites (N-methyl/N-ethyl adjacent to an activating group) is 1. The van der Waals surface area contributed by atoms with Crippen LogP contribution in [0.5, 0.6) is 0 Å². The van der Waals surface area contributed by atoms with E-state index in [-0.39, 0.29) is 12.3 Å². The van der Waals surface area contributed by atoms with Crippen molar-refractivity contribution in [3.8, 4) is 0 Å². The monoisotopic (exact) mass is 375 g/mol. The van der Waals surface area contributed by atoms with Crippen LogP contribution < -0.4 is 10.2 Å². The summed E-state index contributed by atoms with van der Waals surface area (Å²) in [6.07, 6.45) is 1.38. The first-order valence-corrected chi connectivity index (χ1v) is 9.23. The van der Waals surface area contributed by atoms with Crippen molar-refractivity contribution in [3.05, 3.63) is 29.8 Å². The van der Waals surface area contributed by atoms with Gasteiger partial charge in [0, 0.05) is 31.9 Å². The van der Waals surface area contributed by atoms with Crippen LogP contribution in [-0.4, -0.2) is 71.7 Å². The molecular weight excluding hydrogens is 354 g/mol. The summed E-state index contributed by atoms with van der Waals surface area (Å²) >= 11 is 1.09. The van der Waals surface area contributed by atoms with E-state index in [1.807, 2.05) is 12.1 Å². The van der Waals surface area contributed by atoms with Crippen LogP contribution in [-0.2, 0) is 9.59 Å². The minimum atomic E-state index is -1.01. The second-order valence-electron chi connectivity index (χ2n) is 6.23. The number of amidine groups is 1. The van der Waals surface area contributed by atoms with Crippen molar-refractivity contribution in [2.45, 2.75) is 11.7 Å². The summed E-state index contributed by atoms with van der Waals surface area (Å²) < 4.78 is 0. The van der Waals surface area contributed by atoms with E-state index in [4.69, 9.17) is 5.11 Å². The van der Waals surface area contributed by atoms with Gasteiger partial charge in [0.05, 0.1) is 12.6 Å². The van der Waals surface area contributed by atoms with E-state index < -0.39 is 11.2 Å². The summed E-state index contributed by atoms with van der Waals surface area (Å²) in [5.41, 5.74) is 2.10. The van der Waals surface area contributed by atoms with E-state index in [1.165, 1.54) is 5.69 Å². The number of aliphatic carboxylic acids is 1. The van der Waals surface area contributed by atoms with Crippen LogP contribution in [0, 0.1) is 0 Å². The number of carbonyl (C=O) groups excluding carboxylic acids is 1. The second-order valence-corrected chi connectivity index (χ2v) is 7.42. The fraction of sp³-hybridized carbons (Fsp3) is 0.412. The normalized spacial score (nSPS) is 23.0. The molecule has 1 amide bonds. The lowest BCUT2D eigenvalue weighted by molar-refractivity contribution is -0.138. The minimum Gasteiger partial charge on any atom is -0.481 e. The summed E-state index contributed by atoms with van der Waals surface area (Å²) in [4.78, 5) is 27.0. The molecule has 8 nitrogen and oxygen atoms in total. The van der Waals surface area contributed by atoms with E-state index in [9.17, 15) is 9.59 Å². The Kier molecular flexibility index (Phi) is 5.89. The van der Waals surface area contributed by atoms with Gasteiger partial charge in [-0.1, -0.05) is 23.9 Å². The maximum atomic E-state index is 11.6. The van der Waals surface area contributed by atoms with Gasteiger partial charge in [0.1, 0.15) is 5.25 Å². The smallest absolute Gasteiger partial charge is 0.305 e. The van der Waals surface area contributed by atoms with Gasteiger partial charge in [-0.15, -0.1) is 5.10 Å². The highest BCUT2D eigenvalue weighted by Gasteiger charge is 2.32. The summed E-state index contributed by atoms with van der Waals surface area (Å²) in [5, 5.41) is 18.9. The Morgan fingerprint density at radius 1 is 1.31 bits per heavy atom. The molecule has 0 aromatic heterocycles. The molecule has 138 valence electrons. The van der Waals surface area contributed by atoms with Gasteiger partial charge in [-0.3, -0.25) is 9.59 Å². The third kappa shape index (κ3) is 4.83. The number of carboxylic acids is 1. The maximum absolute atomic E-state index is 11.6. The molecule has 0 saturated carbocycles. The van der Waals surface area contributed by atoms with Gasteiger partial charge in [-0.25, -0.2) is 0 Å². The summed E-state index contributed by atoms with van der Waals surface area (Å²) in [6, 6.07) is 8.08. The summed E-state index contributed by atoms with van der Waals surface area (Å²) in [7, 11) is 2.13. The molecular formula is C17H21N5O3S. The van der Waals surface area contributed by atoms with Crippen LogP contribution in [0.2, 0.25) is 0 Å². The molecule has 1 atom stereocenters. The van der Waals surface area contributed by atoms with E-state index in [1.54, 1.807) is 6.21 Å². The highest BCUT2D eigenvalue weighted by Crippen LogP contribution is 2.22. The average Bonchev–Trinajstić information content (AvgIpc) is 2.95. The first-order valence-electron chi connectivity index (χ1n) is 8.35. The van der Waals surface area contributed by atoms with Crippen LogP contribution in [0.3, 0.4) is 0 Å². The van der Waals surface area contributed by atoms with Crippen molar-refractivity contribution in [1.29, 1.82) is 0 Å².